The normalized spacial score (nSPS) is 11.5. The number of fused-ring (bicyclic) bond motifs is 1. The molecule has 4 aromatic rings. The first-order chi connectivity index (χ1) is 16.4. The van der Waals surface area contributed by atoms with Crippen molar-refractivity contribution in [1.29, 1.82) is 0 Å². The number of pyridine rings is 1. The maximum Gasteiger partial charge on any atom is 0.287 e. The van der Waals surface area contributed by atoms with Crippen LogP contribution in [0.1, 0.15) is 41.4 Å². The number of carbonyl (C=O) groups excluding carboxylic acids is 1. The van der Waals surface area contributed by atoms with Gasteiger partial charge in [0, 0.05) is 18.1 Å². The number of furan rings is 1. The summed E-state index contributed by atoms with van der Waals surface area (Å²) in [5.74, 6) is 0.501. The molecule has 2 aromatic carbocycles. The Kier molecular flexibility index (Phi) is 6.98. The van der Waals surface area contributed by atoms with Gasteiger partial charge in [-0.3, -0.25) is 9.78 Å². The summed E-state index contributed by atoms with van der Waals surface area (Å²) in [5.41, 5.74) is 1.94. The zero-order chi connectivity index (χ0) is 24.1. The quantitative estimate of drug-likeness (QED) is 0.337. The van der Waals surface area contributed by atoms with Crippen LogP contribution in [0.4, 0.5) is 0 Å². The second-order valence-electron chi connectivity index (χ2n) is 7.98. The van der Waals surface area contributed by atoms with E-state index in [1.807, 2.05) is 0 Å². The Hall–Kier alpha value is -3.65. The van der Waals surface area contributed by atoms with Gasteiger partial charge < -0.3 is 14.5 Å². The van der Waals surface area contributed by atoms with Crippen LogP contribution in [-0.4, -0.2) is 25.9 Å². The molecule has 2 heterocycles. The minimum absolute atomic E-state index is 0.190. The second-order valence-corrected chi connectivity index (χ2v) is 9.90. The first-order valence-corrected chi connectivity index (χ1v) is 12.6. The number of aromatic nitrogens is 1. The van der Waals surface area contributed by atoms with E-state index in [4.69, 9.17) is 9.15 Å². The van der Waals surface area contributed by atoms with Gasteiger partial charge in [-0.2, -0.15) is 0 Å². The van der Waals surface area contributed by atoms with Gasteiger partial charge in [0.1, 0.15) is 5.75 Å². The van der Waals surface area contributed by atoms with Gasteiger partial charge in [-0.05, 0) is 66.9 Å². The third kappa shape index (κ3) is 5.12. The number of benzene rings is 2. The minimum atomic E-state index is -3.68. The van der Waals surface area contributed by atoms with Crippen molar-refractivity contribution in [2.24, 2.45) is 0 Å². The van der Waals surface area contributed by atoms with Gasteiger partial charge in [-0.1, -0.05) is 25.5 Å². The number of hydrogen-bond acceptors (Lipinski definition) is 6. The molecule has 34 heavy (non-hydrogen) atoms. The van der Waals surface area contributed by atoms with Gasteiger partial charge in [0.2, 0.25) is 9.84 Å². The average molecular weight is 479 g/mol. The lowest BCUT2D eigenvalue weighted by Crippen LogP contribution is -2.22. The van der Waals surface area contributed by atoms with E-state index in [1.165, 1.54) is 0 Å². The van der Waals surface area contributed by atoms with E-state index in [2.05, 4.69) is 17.2 Å². The lowest BCUT2D eigenvalue weighted by Gasteiger charge is -2.11. The molecule has 0 bridgehead atoms. The number of nitrogens with zero attached hydrogens (tertiary/aromatic N) is 1. The topological polar surface area (TPSA) is 98.5 Å². The second kappa shape index (κ2) is 10.1. The van der Waals surface area contributed by atoms with Gasteiger partial charge in [-0.15, -0.1) is 0 Å². The monoisotopic (exact) mass is 478 g/mol. The number of amides is 1. The standard InChI is InChI=1S/C26H26N2O5S/c1-3-4-13-32-21-7-10-25(18(2)14-21)34(30,31)22-8-5-19(6-9-22)16-28-26(29)23-15-20-11-12-27-17-24(20)33-23/h5-12,14-15,17H,3-4,13,16H2,1-2H3,(H,28,29). The molecule has 0 aliphatic carbocycles. The van der Waals surface area contributed by atoms with Crippen molar-refractivity contribution < 1.29 is 22.4 Å². The maximum absolute atomic E-state index is 13.1. The molecule has 2 aromatic heterocycles. The Morgan fingerprint density at radius 1 is 1.09 bits per heavy atom. The van der Waals surface area contributed by atoms with Crippen LogP contribution in [-0.2, 0) is 16.4 Å². The minimum Gasteiger partial charge on any atom is -0.494 e. The van der Waals surface area contributed by atoms with Crippen molar-refractivity contribution in [3.63, 3.8) is 0 Å². The summed E-state index contributed by atoms with van der Waals surface area (Å²) < 4.78 is 37.5. The van der Waals surface area contributed by atoms with Crippen LogP contribution < -0.4 is 10.1 Å². The Morgan fingerprint density at radius 2 is 1.88 bits per heavy atom. The molecule has 1 N–H and O–H groups in total. The molecule has 1 amide bonds. The molecule has 176 valence electrons. The average Bonchev–Trinajstić information content (AvgIpc) is 3.27. The van der Waals surface area contributed by atoms with E-state index in [0.717, 1.165) is 23.8 Å². The fraction of sp³-hybridized carbons (Fsp3) is 0.231. The van der Waals surface area contributed by atoms with Crippen LogP contribution in [0.5, 0.6) is 5.75 Å². The molecule has 0 radical (unpaired) electrons. The Bertz CT molecular complexity index is 1380. The Balaban J connectivity index is 1.42. The van der Waals surface area contributed by atoms with E-state index in [9.17, 15) is 13.2 Å². The molecule has 0 unspecified atom stereocenters. The fourth-order valence-electron chi connectivity index (χ4n) is 3.53. The van der Waals surface area contributed by atoms with E-state index in [-0.39, 0.29) is 28.0 Å². The summed E-state index contributed by atoms with van der Waals surface area (Å²) in [6.07, 6.45) is 5.16. The SMILES string of the molecule is CCCCOc1ccc(S(=O)(=O)c2ccc(CNC(=O)c3cc4ccncc4o3)cc2)c(C)c1. The van der Waals surface area contributed by atoms with Crippen molar-refractivity contribution >= 4 is 26.7 Å². The van der Waals surface area contributed by atoms with Crippen molar-refractivity contribution in [3.8, 4) is 5.75 Å². The molecule has 0 saturated carbocycles. The summed E-state index contributed by atoms with van der Waals surface area (Å²) in [6.45, 7) is 4.69. The molecule has 0 aliphatic rings. The third-order valence-electron chi connectivity index (χ3n) is 5.44. The lowest BCUT2D eigenvalue weighted by atomic mass is 10.2. The summed E-state index contributed by atoms with van der Waals surface area (Å²) in [5, 5.41) is 3.58. The van der Waals surface area contributed by atoms with Crippen LogP contribution in [0.25, 0.3) is 11.0 Å². The van der Waals surface area contributed by atoms with Crippen LogP contribution in [0.15, 0.2) is 81.2 Å². The predicted octanol–water partition coefficient (Wildman–Crippen LogP) is 5.08. The number of unbranched alkanes of at least 4 members (excludes halogenated alkanes) is 1. The molecule has 8 heteroatoms. The van der Waals surface area contributed by atoms with Gasteiger partial charge in [0.05, 0.1) is 22.6 Å². The molecule has 4 rings (SSSR count). The first-order valence-electron chi connectivity index (χ1n) is 11.1. The molecule has 0 spiro atoms. The molecule has 0 fully saturated rings. The van der Waals surface area contributed by atoms with Crippen molar-refractivity contribution in [2.45, 2.75) is 43.0 Å². The number of nitrogens with one attached hydrogen (secondary N) is 1. The highest BCUT2D eigenvalue weighted by molar-refractivity contribution is 7.91. The lowest BCUT2D eigenvalue weighted by molar-refractivity contribution is 0.0925. The molecule has 0 atom stereocenters. The van der Waals surface area contributed by atoms with Crippen LogP contribution in [0.3, 0.4) is 0 Å². The molecular formula is C26H26N2O5S. The smallest absolute Gasteiger partial charge is 0.287 e. The highest BCUT2D eigenvalue weighted by Crippen LogP contribution is 2.27. The number of hydrogen-bond donors (Lipinski definition) is 1. The molecule has 0 aliphatic heterocycles. The molecule has 0 saturated heterocycles. The van der Waals surface area contributed by atoms with E-state index < -0.39 is 9.84 Å². The summed E-state index contributed by atoms with van der Waals surface area (Å²) in [6, 6.07) is 14.9. The van der Waals surface area contributed by atoms with Crippen molar-refractivity contribution in [1.82, 2.24) is 10.3 Å². The number of carbonyl (C=O) groups is 1. The Morgan fingerprint density at radius 3 is 2.59 bits per heavy atom. The number of sulfone groups is 1. The molecule has 7 nitrogen and oxygen atoms in total. The summed E-state index contributed by atoms with van der Waals surface area (Å²) in [7, 11) is -3.68. The van der Waals surface area contributed by atoms with Crippen LogP contribution >= 0.6 is 0 Å². The first kappa shape index (κ1) is 23.5. The fourth-order valence-corrected chi connectivity index (χ4v) is 5.01. The van der Waals surface area contributed by atoms with Crippen molar-refractivity contribution in [2.75, 3.05) is 6.61 Å². The number of rotatable bonds is 9. The predicted molar refractivity (Wildman–Crippen MR) is 129 cm³/mol. The summed E-state index contributed by atoms with van der Waals surface area (Å²) >= 11 is 0. The van der Waals surface area contributed by atoms with Crippen LogP contribution in [0.2, 0.25) is 0 Å². The zero-order valence-electron chi connectivity index (χ0n) is 19.1. The van der Waals surface area contributed by atoms with Gasteiger partial charge in [0.15, 0.2) is 11.3 Å². The largest absolute Gasteiger partial charge is 0.494 e. The van der Waals surface area contributed by atoms with Gasteiger partial charge >= 0.3 is 0 Å². The van der Waals surface area contributed by atoms with Gasteiger partial charge in [0.25, 0.3) is 5.91 Å². The number of ether oxygens (including phenoxy) is 1. The highest BCUT2D eigenvalue weighted by atomic mass is 32.2. The van der Waals surface area contributed by atoms with E-state index in [1.54, 1.807) is 73.9 Å². The Labute approximate surface area is 198 Å². The zero-order valence-corrected chi connectivity index (χ0v) is 19.9. The maximum atomic E-state index is 13.1. The molecular weight excluding hydrogens is 452 g/mol. The van der Waals surface area contributed by atoms with E-state index >= 15 is 0 Å². The van der Waals surface area contributed by atoms with Crippen LogP contribution in [0, 0.1) is 6.92 Å². The van der Waals surface area contributed by atoms with E-state index in [0.29, 0.717) is 23.5 Å². The van der Waals surface area contributed by atoms with Crippen molar-refractivity contribution in [3.05, 3.63) is 83.9 Å². The summed E-state index contributed by atoms with van der Waals surface area (Å²) in [4.78, 5) is 16.8. The highest BCUT2D eigenvalue weighted by Gasteiger charge is 2.20. The number of aryl methyl sites for hydroxylation is 1. The van der Waals surface area contributed by atoms with Gasteiger partial charge in [-0.25, -0.2) is 8.42 Å². The third-order valence-corrected chi connectivity index (χ3v) is 7.37.